The van der Waals surface area contributed by atoms with Gasteiger partial charge in [0.05, 0.1) is 28.5 Å². The second-order valence-corrected chi connectivity index (χ2v) is 12.6. The Labute approximate surface area is 223 Å². The Balaban J connectivity index is 1.70. The summed E-state index contributed by atoms with van der Waals surface area (Å²) in [5.41, 5.74) is 7.96. The van der Waals surface area contributed by atoms with Crippen molar-refractivity contribution >= 4 is 38.2 Å². The summed E-state index contributed by atoms with van der Waals surface area (Å²) < 4.78 is 34.6. The molecule has 1 aliphatic heterocycles. The summed E-state index contributed by atoms with van der Waals surface area (Å²) in [6.07, 6.45) is 4.97. The van der Waals surface area contributed by atoms with E-state index in [-0.39, 0.29) is 29.8 Å². The third-order valence-corrected chi connectivity index (χ3v) is 8.10. The van der Waals surface area contributed by atoms with Gasteiger partial charge in [-0.3, -0.25) is 0 Å². The molecule has 3 N–H and O–H groups in total. The molecule has 204 valence electrons. The highest BCUT2D eigenvalue weighted by molar-refractivity contribution is 7.90. The van der Waals surface area contributed by atoms with E-state index in [9.17, 15) is 13.2 Å². The molecule has 0 aromatic carbocycles. The van der Waals surface area contributed by atoms with E-state index in [1.54, 1.807) is 24.5 Å². The summed E-state index contributed by atoms with van der Waals surface area (Å²) in [5, 5.41) is 4.74. The number of pyridine rings is 3. The molecular formula is C27H35N5O5S. The maximum atomic E-state index is 12.3. The SMILES string of the molecule is CC[C@@](C)(N)c1cnc(O[C@H](C)CCS(C)(=O)=O)c2cnc(Nc3ccc4c(n3)C(C)[C@H](C)OC4=O)cc12. The van der Waals surface area contributed by atoms with Crippen LogP contribution in [0.5, 0.6) is 5.88 Å². The summed E-state index contributed by atoms with van der Waals surface area (Å²) in [7, 11) is -3.10. The molecule has 0 fully saturated rings. The molecule has 0 saturated heterocycles. The number of hydrogen-bond donors (Lipinski definition) is 2. The lowest BCUT2D eigenvalue weighted by atomic mass is 9.88. The van der Waals surface area contributed by atoms with Crippen molar-refractivity contribution < 1.29 is 22.7 Å². The molecule has 38 heavy (non-hydrogen) atoms. The van der Waals surface area contributed by atoms with Crippen LogP contribution >= 0.6 is 0 Å². The van der Waals surface area contributed by atoms with E-state index in [2.05, 4.69) is 15.3 Å². The van der Waals surface area contributed by atoms with Crippen LogP contribution in [0.3, 0.4) is 0 Å². The Morgan fingerprint density at radius 1 is 1.18 bits per heavy atom. The fraction of sp³-hybridized carbons (Fsp3) is 0.481. The van der Waals surface area contributed by atoms with Crippen LogP contribution in [0.25, 0.3) is 10.8 Å². The molecule has 0 aliphatic carbocycles. The van der Waals surface area contributed by atoms with Gasteiger partial charge in [0.15, 0.2) is 0 Å². The number of nitrogens with two attached hydrogens (primary N) is 1. The van der Waals surface area contributed by atoms with Gasteiger partial charge in [0.1, 0.15) is 27.6 Å². The van der Waals surface area contributed by atoms with Crippen molar-refractivity contribution in [3.63, 3.8) is 0 Å². The molecule has 1 unspecified atom stereocenters. The van der Waals surface area contributed by atoms with Crippen LogP contribution in [-0.4, -0.2) is 53.6 Å². The fourth-order valence-corrected chi connectivity index (χ4v) is 5.06. The molecule has 1 aliphatic rings. The van der Waals surface area contributed by atoms with Crippen molar-refractivity contribution in [1.29, 1.82) is 0 Å². The highest BCUT2D eigenvalue weighted by Gasteiger charge is 2.31. The number of anilines is 2. The number of cyclic esters (lactones) is 1. The van der Waals surface area contributed by atoms with Crippen LogP contribution in [0.1, 0.15) is 75.0 Å². The number of nitrogens with zero attached hydrogens (tertiary/aromatic N) is 3. The predicted octanol–water partition coefficient (Wildman–Crippen LogP) is 4.22. The van der Waals surface area contributed by atoms with Gasteiger partial charge in [-0.15, -0.1) is 0 Å². The molecule has 4 atom stereocenters. The average Bonchev–Trinajstić information content (AvgIpc) is 2.85. The minimum atomic E-state index is -3.10. The minimum Gasteiger partial charge on any atom is -0.474 e. The van der Waals surface area contributed by atoms with Gasteiger partial charge >= 0.3 is 5.97 Å². The Bertz CT molecular complexity index is 1470. The molecule has 0 bridgehead atoms. The van der Waals surface area contributed by atoms with Gasteiger partial charge < -0.3 is 20.5 Å². The zero-order valence-corrected chi connectivity index (χ0v) is 23.4. The number of sulfone groups is 1. The van der Waals surface area contributed by atoms with Gasteiger partial charge in [0.25, 0.3) is 0 Å². The van der Waals surface area contributed by atoms with Gasteiger partial charge in [-0.25, -0.2) is 28.2 Å². The monoisotopic (exact) mass is 541 g/mol. The Morgan fingerprint density at radius 2 is 1.92 bits per heavy atom. The number of ether oxygens (including phenoxy) is 2. The highest BCUT2D eigenvalue weighted by Crippen LogP contribution is 2.35. The van der Waals surface area contributed by atoms with Crippen molar-refractivity contribution in [2.24, 2.45) is 5.73 Å². The second-order valence-electron chi connectivity index (χ2n) is 10.4. The topological polar surface area (TPSA) is 146 Å². The van der Waals surface area contributed by atoms with Gasteiger partial charge in [-0.2, -0.15) is 0 Å². The number of carbonyl (C=O) groups is 1. The summed E-state index contributed by atoms with van der Waals surface area (Å²) in [5.74, 6) is 1.07. The Hall–Kier alpha value is -3.31. The molecule has 0 radical (unpaired) electrons. The Morgan fingerprint density at radius 3 is 2.61 bits per heavy atom. The standard InChI is InChI=1S/C27H35N5O5S/c1-7-27(5,28)21-14-30-25(36-15(2)10-11-38(6,34)35)20-13-29-23(12-19(20)21)31-22-9-8-18-24(32-22)16(3)17(4)37-26(18)33/h8-9,12-17H,7,10-11,28H2,1-6H3,(H,29,31,32)/t15-,16?,17+,27-/m1/s1. The van der Waals surface area contributed by atoms with Crippen molar-refractivity contribution in [2.45, 2.75) is 71.1 Å². The minimum absolute atomic E-state index is 0.0239. The number of hydrogen-bond acceptors (Lipinski definition) is 10. The number of rotatable bonds is 9. The number of esters is 1. The lowest BCUT2D eigenvalue weighted by Gasteiger charge is -2.27. The van der Waals surface area contributed by atoms with Crippen LogP contribution < -0.4 is 15.8 Å². The van der Waals surface area contributed by atoms with Crippen LogP contribution in [-0.2, 0) is 20.1 Å². The van der Waals surface area contributed by atoms with Crippen LogP contribution in [0, 0.1) is 0 Å². The zero-order chi connectivity index (χ0) is 27.8. The van der Waals surface area contributed by atoms with Crippen molar-refractivity contribution in [3.8, 4) is 5.88 Å². The van der Waals surface area contributed by atoms with Gasteiger partial charge in [-0.1, -0.05) is 13.8 Å². The summed E-state index contributed by atoms with van der Waals surface area (Å²) in [6.45, 7) is 9.60. The van der Waals surface area contributed by atoms with E-state index >= 15 is 0 Å². The molecule has 10 nitrogen and oxygen atoms in total. The third kappa shape index (κ3) is 5.88. The molecule has 4 rings (SSSR count). The third-order valence-electron chi connectivity index (χ3n) is 7.12. The second kappa shape index (κ2) is 10.5. The normalized spacial score (nSPS) is 19.8. The summed E-state index contributed by atoms with van der Waals surface area (Å²) in [4.78, 5) is 26.0. The van der Waals surface area contributed by atoms with E-state index in [1.165, 1.54) is 6.26 Å². The van der Waals surface area contributed by atoms with Crippen LogP contribution in [0.15, 0.2) is 30.6 Å². The number of fused-ring (bicyclic) bond motifs is 2. The van der Waals surface area contributed by atoms with Crippen LogP contribution in [0.4, 0.5) is 11.6 Å². The maximum Gasteiger partial charge on any atom is 0.340 e. The van der Waals surface area contributed by atoms with E-state index < -0.39 is 15.4 Å². The molecule has 4 heterocycles. The lowest BCUT2D eigenvalue weighted by molar-refractivity contribution is 0.0235. The maximum absolute atomic E-state index is 12.3. The molecule has 0 spiro atoms. The average molecular weight is 542 g/mol. The quantitative estimate of drug-likeness (QED) is 0.377. The highest BCUT2D eigenvalue weighted by atomic mass is 32.2. The molecule has 3 aromatic heterocycles. The van der Waals surface area contributed by atoms with Gasteiger partial charge in [0, 0.05) is 30.1 Å². The summed E-state index contributed by atoms with van der Waals surface area (Å²) >= 11 is 0. The van der Waals surface area contributed by atoms with Crippen LogP contribution in [0.2, 0.25) is 0 Å². The predicted molar refractivity (Wildman–Crippen MR) is 147 cm³/mol. The first-order valence-corrected chi connectivity index (χ1v) is 14.8. The first-order valence-electron chi connectivity index (χ1n) is 12.7. The number of nitrogens with one attached hydrogen (secondary N) is 1. The van der Waals surface area contributed by atoms with Crippen molar-refractivity contribution in [1.82, 2.24) is 15.0 Å². The summed E-state index contributed by atoms with van der Waals surface area (Å²) in [6, 6.07) is 5.31. The molecule has 3 aromatic rings. The molecule has 0 saturated carbocycles. The molecular weight excluding hydrogens is 506 g/mol. The molecule has 0 amide bonds. The lowest BCUT2D eigenvalue weighted by Crippen LogP contribution is -2.32. The number of aromatic nitrogens is 3. The Kier molecular flexibility index (Phi) is 7.62. The largest absolute Gasteiger partial charge is 0.474 e. The number of carbonyl (C=O) groups excluding carboxylic acids is 1. The van der Waals surface area contributed by atoms with E-state index in [0.29, 0.717) is 47.0 Å². The molecule has 11 heteroatoms. The van der Waals surface area contributed by atoms with E-state index in [4.69, 9.17) is 20.2 Å². The van der Waals surface area contributed by atoms with Crippen molar-refractivity contribution in [2.75, 3.05) is 17.3 Å². The first kappa shape index (κ1) is 27.7. The first-order chi connectivity index (χ1) is 17.8. The van der Waals surface area contributed by atoms with Gasteiger partial charge in [-0.05, 0) is 62.8 Å². The van der Waals surface area contributed by atoms with E-state index in [1.807, 2.05) is 40.7 Å². The van der Waals surface area contributed by atoms with Gasteiger partial charge in [0.2, 0.25) is 5.88 Å². The smallest absolute Gasteiger partial charge is 0.340 e. The fourth-order valence-electron chi connectivity index (χ4n) is 4.30. The van der Waals surface area contributed by atoms with E-state index in [0.717, 1.165) is 10.9 Å². The zero-order valence-electron chi connectivity index (χ0n) is 22.6. The van der Waals surface area contributed by atoms with Crippen molar-refractivity contribution in [3.05, 3.63) is 47.4 Å².